The number of hydrogen-bond acceptors (Lipinski definition) is 5. The Hall–Kier alpha value is -3.26. The molecule has 0 spiro atoms. The van der Waals surface area contributed by atoms with E-state index < -0.39 is 11.7 Å². The summed E-state index contributed by atoms with van der Waals surface area (Å²) in [7, 11) is 1.38. The molecule has 0 atom stereocenters. The fourth-order valence-electron chi connectivity index (χ4n) is 2.73. The molecular formula is C19H15FN4O2S. The molecule has 6 nitrogen and oxygen atoms in total. The van der Waals surface area contributed by atoms with Gasteiger partial charge in [0.15, 0.2) is 17.2 Å². The normalized spacial score (nSPS) is 10.9. The summed E-state index contributed by atoms with van der Waals surface area (Å²) < 4.78 is 20.4. The van der Waals surface area contributed by atoms with Gasteiger partial charge in [-0.05, 0) is 36.6 Å². The Morgan fingerprint density at radius 2 is 2.11 bits per heavy atom. The molecule has 0 aliphatic heterocycles. The van der Waals surface area contributed by atoms with Crippen molar-refractivity contribution in [1.29, 1.82) is 0 Å². The molecule has 27 heavy (non-hydrogen) atoms. The van der Waals surface area contributed by atoms with Crippen LogP contribution in [0.2, 0.25) is 0 Å². The van der Waals surface area contributed by atoms with Gasteiger partial charge in [-0.15, -0.1) is 11.3 Å². The van der Waals surface area contributed by atoms with Gasteiger partial charge >= 0.3 is 0 Å². The Morgan fingerprint density at radius 1 is 1.26 bits per heavy atom. The second-order valence-corrected chi connectivity index (χ2v) is 6.81. The number of thiophene rings is 1. The molecule has 0 unspecified atom stereocenters. The van der Waals surface area contributed by atoms with Gasteiger partial charge in [-0.3, -0.25) is 4.79 Å². The standard InChI is InChI=1S/C19H15FN4O2S/c1-11-8-15(19(25)21-12-5-6-16(26-2)13(20)9-12)22-18-10-14(23-24(11)18)17-4-3-7-27-17/h3-10H,1-2H3,(H,21,25). The molecule has 0 aliphatic rings. The number of carbonyl (C=O) groups excluding carboxylic acids is 1. The summed E-state index contributed by atoms with van der Waals surface area (Å²) in [5.41, 5.74) is 2.70. The monoisotopic (exact) mass is 382 g/mol. The van der Waals surface area contributed by atoms with E-state index in [1.54, 1.807) is 28.0 Å². The molecule has 1 amide bonds. The smallest absolute Gasteiger partial charge is 0.274 e. The van der Waals surface area contributed by atoms with Crippen LogP contribution in [0, 0.1) is 12.7 Å². The van der Waals surface area contributed by atoms with Gasteiger partial charge < -0.3 is 10.1 Å². The first-order valence-corrected chi connectivity index (χ1v) is 8.99. The first kappa shape index (κ1) is 17.2. The predicted octanol–water partition coefficient (Wildman–Crippen LogP) is 4.17. The molecule has 0 radical (unpaired) electrons. The van der Waals surface area contributed by atoms with Crippen LogP contribution in [0.5, 0.6) is 5.75 Å². The molecule has 136 valence electrons. The number of benzene rings is 1. The number of nitrogens with one attached hydrogen (secondary N) is 1. The number of fused-ring (bicyclic) bond motifs is 1. The van der Waals surface area contributed by atoms with Crippen molar-refractivity contribution in [3.63, 3.8) is 0 Å². The third-order valence-corrected chi connectivity index (χ3v) is 4.91. The number of methoxy groups -OCH3 is 1. The van der Waals surface area contributed by atoms with Gasteiger partial charge in [0.25, 0.3) is 5.91 Å². The van der Waals surface area contributed by atoms with Gasteiger partial charge in [0.2, 0.25) is 0 Å². The fourth-order valence-corrected chi connectivity index (χ4v) is 3.41. The molecule has 0 saturated heterocycles. The van der Waals surface area contributed by atoms with E-state index in [0.29, 0.717) is 11.3 Å². The van der Waals surface area contributed by atoms with Gasteiger partial charge in [-0.25, -0.2) is 13.9 Å². The third kappa shape index (κ3) is 3.26. The largest absolute Gasteiger partial charge is 0.494 e. The quantitative estimate of drug-likeness (QED) is 0.575. The van der Waals surface area contributed by atoms with Crippen molar-refractivity contribution >= 4 is 28.6 Å². The average molecular weight is 382 g/mol. The topological polar surface area (TPSA) is 68.5 Å². The van der Waals surface area contributed by atoms with Crippen LogP contribution in [-0.2, 0) is 0 Å². The second-order valence-electron chi connectivity index (χ2n) is 5.86. The van der Waals surface area contributed by atoms with E-state index in [0.717, 1.165) is 16.3 Å². The summed E-state index contributed by atoms with van der Waals surface area (Å²) >= 11 is 1.59. The minimum atomic E-state index is -0.550. The fraction of sp³-hybridized carbons (Fsp3) is 0.105. The van der Waals surface area contributed by atoms with Crippen molar-refractivity contribution in [2.45, 2.75) is 6.92 Å². The first-order valence-electron chi connectivity index (χ1n) is 8.11. The van der Waals surface area contributed by atoms with Gasteiger partial charge in [-0.1, -0.05) is 6.07 Å². The summed E-state index contributed by atoms with van der Waals surface area (Å²) in [6.45, 7) is 1.85. The minimum absolute atomic E-state index is 0.115. The summed E-state index contributed by atoms with van der Waals surface area (Å²) in [6, 6.07) is 11.6. The van der Waals surface area contributed by atoms with Crippen LogP contribution in [0.4, 0.5) is 10.1 Å². The first-order chi connectivity index (χ1) is 13.0. The number of halogens is 1. The number of hydrogen-bond donors (Lipinski definition) is 1. The molecule has 0 aliphatic carbocycles. The zero-order chi connectivity index (χ0) is 19.0. The lowest BCUT2D eigenvalue weighted by atomic mass is 10.2. The van der Waals surface area contributed by atoms with Crippen LogP contribution in [0.3, 0.4) is 0 Å². The Balaban J connectivity index is 1.65. The number of carbonyl (C=O) groups is 1. The zero-order valence-corrected chi connectivity index (χ0v) is 15.4. The van der Waals surface area contributed by atoms with Crippen molar-refractivity contribution in [3.8, 4) is 16.3 Å². The summed E-state index contributed by atoms with van der Waals surface area (Å²) in [5.74, 6) is -0.862. The van der Waals surface area contributed by atoms with Crippen LogP contribution in [0.25, 0.3) is 16.2 Å². The Labute approximate surface area is 158 Å². The van der Waals surface area contributed by atoms with Crippen molar-refractivity contribution in [2.24, 2.45) is 0 Å². The maximum Gasteiger partial charge on any atom is 0.274 e. The Morgan fingerprint density at radius 3 is 2.81 bits per heavy atom. The van der Waals surface area contributed by atoms with E-state index in [1.807, 2.05) is 30.5 Å². The van der Waals surface area contributed by atoms with Crippen LogP contribution < -0.4 is 10.1 Å². The van der Waals surface area contributed by atoms with Crippen molar-refractivity contribution in [2.75, 3.05) is 12.4 Å². The van der Waals surface area contributed by atoms with Gasteiger partial charge in [0.1, 0.15) is 11.4 Å². The van der Waals surface area contributed by atoms with Crippen LogP contribution in [0.1, 0.15) is 16.2 Å². The lowest BCUT2D eigenvalue weighted by molar-refractivity contribution is 0.102. The molecule has 0 fully saturated rings. The maximum absolute atomic E-state index is 13.8. The Kier molecular flexibility index (Phi) is 4.33. The van der Waals surface area contributed by atoms with Gasteiger partial charge in [-0.2, -0.15) is 5.10 Å². The van der Waals surface area contributed by atoms with E-state index >= 15 is 0 Å². The van der Waals surface area contributed by atoms with Crippen LogP contribution >= 0.6 is 11.3 Å². The second kappa shape index (κ2) is 6.81. The molecule has 4 rings (SSSR count). The summed E-state index contributed by atoms with van der Waals surface area (Å²) in [4.78, 5) is 18.0. The molecule has 3 heterocycles. The number of rotatable bonds is 4. The predicted molar refractivity (Wildman–Crippen MR) is 102 cm³/mol. The molecular weight excluding hydrogens is 367 g/mol. The summed E-state index contributed by atoms with van der Waals surface area (Å²) in [5, 5.41) is 9.17. The number of ether oxygens (including phenoxy) is 1. The molecule has 0 bridgehead atoms. The highest BCUT2D eigenvalue weighted by atomic mass is 32.1. The highest BCUT2D eigenvalue weighted by Gasteiger charge is 2.15. The third-order valence-electron chi connectivity index (χ3n) is 4.02. The van der Waals surface area contributed by atoms with Crippen molar-refractivity contribution < 1.29 is 13.9 Å². The Bertz CT molecular complexity index is 1140. The number of anilines is 1. The van der Waals surface area contributed by atoms with E-state index in [2.05, 4.69) is 15.4 Å². The van der Waals surface area contributed by atoms with E-state index in [1.165, 1.54) is 19.2 Å². The number of aryl methyl sites for hydroxylation is 1. The van der Waals surface area contributed by atoms with Crippen LogP contribution in [0.15, 0.2) is 47.8 Å². The van der Waals surface area contributed by atoms with Crippen molar-refractivity contribution in [3.05, 3.63) is 65.0 Å². The van der Waals surface area contributed by atoms with E-state index in [9.17, 15) is 9.18 Å². The average Bonchev–Trinajstić information content (AvgIpc) is 3.31. The van der Waals surface area contributed by atoms with E-state index in [-0.39, 0.29) is 11.4 Å². The number of amides is 1. The van der Waals surface area contributed by atoms with E-state index in [4.69, 9.17) is 4.74 Å². The number of aromatic nitrogens is 3. The summed E-state index contributed by atoms with van der Waals surface area (Å²) in [6.07, 6.45) is 0. The molecule has 1 N–H and O–H groups in total. The SMILES string of the molecule is COc1ccc(NC(=O)c2cc(C)n3nc(-c4cccs4)cc3n2)cc1F. The molecule has 8 heteroatoms. The molecule has 3 aromatic heterocycles. The number of nitrogens with zero attached hydrogens (tertiary/aromatic N) is 3. The van der Waals surface area contributed by atoms with Gasteiger partial charge in [0, 0.05) is 23.5 Å². The highest BCUT2D eigenvalue weighted by Crippen LogP contribution is 2.25. The van der Waals surface area contributed by atoms with Crippen molar-refractivity contribution in [1.82, 2.24) is 14.6 Å². The minimum Gasteiger partial charge on any atom is -0.494 e. The zero-order valence-electron chi connectivity index (χ0n) is 14.6. The lowest BCUT2D eigenvalue weighted by Gasteiger charge is -2.08. The maximum atomic E-state index is 13.8. The highest BCUT2D eigenvalue weighted by molar-refractivity contribution is 7.13. The van der Waals surface area contributed by atoms with Crippen LogP contribution in [-0.4, -0.2) is 27.6 Å². The molecule has 1 aromatic carbocycles. The molecule has 0 saturated carbocycles. The van der Waals surface area contributed by atoms with Gasteiger partial charge in [0.05, 0.1) is 12.0 Å². The molecule has 4 aromatic rings. The lowest BCUT2D eigenvalue weighted by Crippen LogP contribution is -2.15.